The lowest BCUT2D eigenvalue weighted by Gasteiger charge is -2.21. The Morgan fingerprint density at radius 2 is 1.69 bits per heavy atom. The van der Waals surface area contributed by atoms with E-state index in [-0.39, 0.29) is 21.3 Å². The van der Waals surface area contributed by atoms with Crippen LogP contribution in [0.25, 0.3) is 11.0 Å². The van der Waals surface area contributed by atoms with Gasteiger partial charge in [0, 0.05) is 10.6 Å². The molecule has 4 rings (SSSR count). The summed E-state index contributed by atoms with van der Waals surface area (Å²) in [6, 6.07) is 13.8. The van der Waals surface area contributed by atoms with E-state index in [9.17, 15) is 22.0 Å². The van der Waals surface area contributed by atoms with Crippen LogP contribution in [0.4, 0.5) is 8.78 Å². The maximum atomic E-state index is 14.9. The van der Waals surface area contributed by atoms with Crippen LogP contribution in [0.1, 0.15) is 16.4 Å². The van der Waals surface area contributed by atoms with Crippen molar-refractivity contribution in [3.8, 4) is 5.75 Å². The molecule has 0 amide bonds. The summed E-state index contributed by atoms with van der Waals surface area (Å²) in [5.74, 6) is -1.99. The molecule has 1 aromatic heterocycles. The van der Waals surface area contributed by atoms with Crippen molar-refractivity contribution in [2.45, 2.75) is 10.1 Å². The summed E-state index contributed by atoms with van der Waals surface area (Å²) in [5, 5.41) is -1.37. The summed E-state index contributed by atoms with van der Waals surface area (Å²) in [6.45, 7) is 0. The van der Waals surface area contributed by atoms with Crippen molar-refractivity contribution in [3.05, 3.63) is 105 Å². The first-order chi connectivity index (χ1) is 15.2. The summed E-state index contributed by atoms with van der Waals surface area (Å²) in [4.78, 5) is 12.8. The van der Waals surface area contributed by atoms with Crippen LogP contribution in [0.3, 0.4) is 0 Å². The largest absolute Gasteiger partial charge is 0.495 e. The Kier molecular flexibility index (Phi) is 5.75. The predicted molar refractivity (Wildman–Crippen MR) is 116 cm³/mol. The zero-order valence-corrected chi connectivity index (χ0v) is 18.1. The third kappa shape index (κ3) is 3.76. The molecule has 4 aromatic rings. The van der Waals surface area contributed by atoms with Crippen molar-refractivity contribution >= 4 is 32.4 Å². The third-order valence-electron chi connectivity index (χ3n) is 4.96. The number of benzene rings is 3. The van der Waals surface area contributed by atoms with E-state index >= 15 is 0 Å². The molecular weight excluding hydrogens is 462 g/mol. The van der Waals surface area contributed by atoms with Crippen LogP contribution in [0.5, 0.6) is 5.75 Å². The van der Waals surface area contributed by atoms with Crippen molar-refractivity contribution in [1.29, 1.82) is 0 Å². The van der Waals surface area contributed by atoms with Crippen LogP contribution >= 0.6 is 11.6 Å². The molecule has 0 radical (unpaired) electrons. The van der Waals surface area contributed by atoms with E-state index in [0.29, 0.717) is 5.39 Å². The summed E-state index contributed by atoms with van der Waals surface area (Å²) in [6.07, 6.45) is 0. The van der Waals surface area contributed by atoms with Gasteiger partial charge in [0.2, 0.25) is 0 Å². The Morgan fingerprint density at radius 3 is 2.38 bits per heavy atom. The van der Waals surface area contributed by atoms with E-state index in [1.807, 2.05) is 0 Å². The molecule has 1 unspecified atom stereocenters. The van der Waals surface area contributed by atoms with Gasteiger partial charge in [-0.05, 0) is 54.6 Å². The highest BCUT2D eigenvalue weighted by molar-refractivity contribution is 7.92. The van der Waals surface area contributed by atoms with Crippen molar-refractivity contribution < 1.29 is 26.4 Å². The van der Waals surface area contributed by atoms with E-state index in [4.69, 9.17) is 20.8 Å². The fraction of sp³-hybridized carbons (Fsp3) is 0.0870. The zero-order chi connectivity index (χ0) is 23.0. The van der Waals surface area contributed by atoms with Crippen molar-refractivity contribution in [2.75, 3.05) is 7.11 Å². The van der Waals surface area contributed by atoms with Crippen LogP contribution in [0.15, 0.2) is 80.8 Å². The molecule has 5 nitrogen and oxygen atoms in total. The molecule has 0 aliphatic heterocycles. The molecule has 3 aromatic carbocycles. The van der Waals surface area contributed by atoms with Gasteiger partial charge in [-0.25, -0.2) is 22.0 Å². The van der Waals surface area contributed by atoms with Gasteiger partial charge in [0.15, 0.2) is 9.84 Å². The number of ether oxygens (including phenoxy) is 1. The molecule has 0 saturated carbocycles. The smallest absolute Gasteiger partial charge is 0.344 e. The monoisotopic (exact) mass is 476 g/mol. The number of methoxy groups -OCH3 is 1. The lowest BCUT2D eigenvalue weighted by atomic mass is 10.0. The average molecular weight is 477 g/mol. The quantitative estimate of drug-likeness (QED) is 0.366. The minimum absolute atomic E-state index is 0.108. The maximum Gasteiger partial charge on any atom is 0.344 e. The number of fused-ring (bicyclic) bond motifs is 1. The molecule has 1 heterocycles. The van der Waals surface area contributed by atoms with E-state index in [1.165, 1.54) is 37.4 Å². The number of para-hydroxylation sites is 1. The summed E-state index contributed by atoms with van der Waals surface area (Å²) in [5.41, 5.74) is -1.92. The van der Waals surface area contributed by atoms with Gasteiger partial charge in [-0.2, -0.15) is 0 Å². The Balaban J connectivity index is 2.12. The van der Waals surface area contributed by atoms with Gasteiger partial charge in [0.05, 0.1) is 17.4 Å². The van der Waals surface area contributed by atoms with Gasteiger partial charge < -0.3 is 9.15 Å². The molecule has 9 heteroatoms. The molecular formula is C23H15ClF2O5S. The maximum absolute atomic E-state index is 14.9. The van der Waals surface area contributed by atoms with Crippen LogP contribution in [-0.4, -0.2) is 15.5 Å². The first-order valence-electron chi connectivity index (χ1n) is 9.28. The van der Waals surface area contributed by atoms with Gasteiger partial charge >= 0.3 is 5.63 Å². The van der Waals surface area contributed by atoms with Gasteiger partial charge in [-0.15, -0.1) is 0 Å². The Bertz CT molecular complexity index is 1480. The van der Waals surface area contributed by atoms with E-state index < -0.39 is 43.5 Å². The van der Waals surface area contributed by atoms with Gasteiger partial charge in [-0.3, -0.25) is 0 Å². The molecule has 1 atom stereocenters. The molecule has 164 valence electrons. The molecule has 0 aliphatic rings. The molecule has 0 fully saturated rings. The number of halogens is 3. The normalized spacial score (nSPS) is 12.6. The lowest BCUT2D eigenvalue weighted by Crippen LogP contribution is -2.24. The number of hydrogen-bond acceptors (Lipinski definition) is 5. The fourth-order valence-electron chi connectivity index (χ4n) is 3.54. The molecule has 0 bridgehead atoms. The molecule has 0 saturated heterocycles. The first kappa shape index (κ1) is 22.0. The Hall–Kier alpha value is -3.23. The molecule has 0 aliphatic carbocycles. The fourth-order valence-corrected chi connectivity index (χ4v) is 5.48. The highest BCUT2D eigenvalue weighted by Crippen LogP contribution is 2.41. The van der Waals surface area contributed by atoms with Crippen molar-refractivity contribution in [1.82, 2.24) is 0 Å². The summed E-state index contributed by atoms with van der Waals surface area (Å²) >= 11 is 5.87. The van der Waals surface area contributed by atoms with Crippen LogP contribution < -0.4 is 10.4 Å². The third-order valence-corrected chi connectivity index (χ3v) is 7.25. The molecule has 0 N–H and O–H groups in total. The molecule has 0 spiro atoms. The topological polar surface area (TPSA) is 73.6 Å². The number of sulfone groups is 1. The van der Waals surface area contributed by atoms with E-state index in [0.717, 1.165) is 18.2 Å². The molecule has 32 heavy (non-hydrogen) atoms. The first-order valence-corrected chi connectivity index (χ1v) is 11.2. The van der Waals surface area contributed by atoms with Gasteiger partial charge in [0.25, 0.3) is 0 Å². The number of hydrogen-bond donors (Lipinski definition) is 0. The SMILES string of the molecule is COc1c(C(c2cc(F)ccc2F)S(=O)(=O)c2ccc(Cl)cc2)c(=O)oc2ccccc12. The second kappa shape index (κ2) is 8.37. The van der Waals surface area contributed by atoms with Crippen LogP contribution in [0.2, 0.25) is 5.02 Å². The number of rotatable bonds is 5. The van der Waals surface area contributed by atoms with Crippen molar-refractivity contribution in [2.24, 2.45) is 0 Å². The Morgan fingerprint density at radius 1 is 1.00 bits per heavy atom. The predicted octanol–water partition coefficient (Wildman–Crippen LogP) is 5.30. The van der Waals surface area contributed by atoms with E-state index in [2.05, 4.69) is 0 Å². The standard InChI is InChI=1S/C23H15ClF2O5S/c1-30-21-16-4-2-3-5-19(16)31-23(27)20(21)22(17-12-14(25)8-11-18(17)26)32(28,29)15-9-6-13(24)7-10-15/h2-12,22H,1H3. The van der Waals surface area contributed by atoms with E-state index in [1.54, 1.807) is 18.2 Å². The van der Waals surface area contributed by atoms with Gasteiger partial charge in [-0.1, -0.05) is 23.7 Å². The minimum Gasteiger partial charge on any atom is -0.495 e. The second-order valence-corrected chi connectivity index (χ2v) is 9.35. The van der Waals surface area contributed by atoms with Crippen molar-refractivity contribution in [3.63, 3.8) is 0 Å². The average Bonchev–Trinajstić information content (AvgIpc) is 2.76. The Labute approximate surface area is 186 Å². The second-order valence-electron chi connectivity index (χ2n) is 6.88. The van der Waals surface area contributed by atoms with Crippen LogP contribution in [0, 0.1) is 11.6 Å². The lowest BCUT2D eigenvalue weighted by molar-refractivity contribution is 0.405. The highest BCUT2D eigenvalue weighted by Gasteiger charge is 2.39. The van der Waals surface area contributed by atoms with Crippen LogP contribution in [-0.2, 0) is 9.84 Å². The summed E-state index contributed by atoms with van der Waals surface area (Å²) in [7, 11) is -3.24. The highest BCUT2D eigenvalue weighted by atomic mass is 35.5. The van der Waals surface area contributed by atoms with Gasteiger partial charge in [0.1, 0.15) is 33.8 Å². The minimum atomic E-state index is -4.49. The summed E-state index contributed by atoms with van der Waals surface area (Å²) < 4.78 is 67.1. The zero-order valence-electron chi connectivity index (χ0n) is 16.5.